The molecule has 0 spiro atoms. The van der Waals surface area contributed by atoms with Crippen molar-refractivity contribution in [1.82, 2.24) is 14.9 Å². The Morgan fingerprint density at radius 3 is 2.60 bits per heavy atom. The molecule has 7 heteroatoms. The second-order valence-corrected chi connectivity index (χ2v) is 6.92. The zero-order chi connectivity index (χ0) is 17.6. The van der Waals surface area contributed by atoms with Gasteiger partial charge >= 0.3 is 0 Å². The minimum absolute atomic E-state index is 0.181. The van der Waals surface area contributed by atoms with Crippen LogP contribution in [0.15, 0.2) is 24.7 Å². The first-order valence-electron chi connectivity index (χ1n) is 8.44. The van der Waals surface area contributed by atoms with Crippen LogP contribution in [-0.2, 0) is 13.1 Å². The lowest BCUT2D eigenvalue weighted by atomic mass is 9.77. The van der Waals surface area contributed by atoms with E-state index in [1.807, 2.05) is 6.20 Å². The van der Waals surface area contributed by atoms with Crippen molar-refractivity contribution in [2.24, 2.45) is 5.73 Å². The van der Waals surface area contributed by atoms with Gasteiger partial charge in [0.05, 0.1) is 5.69 Å². The van der Waals surface area contributed by atoms with E-state index in [1.165, 1.54) is 0 Å². The standard InChI is InChI=1S/C18H19F3N4/c19-14-5-16(21)15(20)4-13(14)12-2-1-11(3-17(12)22)25-7-10-6-23-9-24-18(10)8-25/h4-6,9,11-12,17H,1-3,7-8,22H2/t11?,12?,17-/m0/s1. The van der Waals surface area contributed by atoms with Gasteiger partial charge in [0.25, 0.3) is 0 Å². The second-order valence-electron chi connectivity index (χ2n) is 6.92. The smallest absolute Gasteiger partial charge is 0.161 e. The average molecular weight is 348 g/mol. The fourth-order valence-corrected chi connectivity index (χ4v) is 4.11. The van der Waals surface area contributed by atoms with Crippen molar-refractivity contribution in [3.63, 3.8) is 0 Å². The van der Waals surface area contributed by atoms with Gasteiger partial charge in [0, 0.05) is 48.9 Å². The van der Waals surface area contributed by atoms with Crippen molar-refractivity contribution in [3.8, 4) is 0 Å². The average Bonchev–Trinajstić information content (AvgIpc) is 3.02. The molecular formula is C18H19F3N4. The molecule has 2 aromatic rings. The summed E-state index contributed by atoms with van der Waals surface area (Å²) >= 11 is 0. The molecule has 0 bridgehead atoms. The summed E-state index contributed by atoms with van der Waals surface area (Å²) in [7, 11) is 0. The Labute approximate surface area is 143 Å². The van der Waals surface area contributed by atoms with E-state index in [4.69, 9.17) is 5.73 Å². The predicted octanol–water partition coefficient (Wildman–Crippen LogP) is 2.87. The number of fused-ring (bicyclic) bond motifs is 1. The minimum atomic E-state index is -1.17. The Hall–Kier alpha value is -1.99. The molecule has 25 heavy (non-hydrogen) atoms. The zero-order valence-corrected chi connectivity index (χ0v) is 13.6. The first-order valence-corrected chi connectivity index (χ1v) is 8.44. The normalized spacial score (nSPS) is 26.6. The van der Waals surface area contributed by atoms with Crippen LogP contribution in [0.3, 0.4) is 0 Å². The maximum Gasteiger partial charge on any atom is 0.161 e. The summed E-state index contributed by atoms with van der Waals surface area (Å²) in [5.74, 6) is -3.21. The van der Waals surface area contributed by atoms with Crippen molar-refractivity contribution < 1.29 is 13.2 Å². The van der Waals surface area contributed by atoms with Gasteiger partial charge in [-0.25, -0.2) is 23.1 Å². The molecule has 1 aliphatic heterocycles. The van der Waals surface area contributed by atoms with E-state index in [1.54, 1.807) is 6.33 Å². The molecule has 0 radical (unpaired) electrons. The Morgan fingerprint density at radius 1 is 1.04 bits per heavy atom. The highest BCUT2D eigenvalue weighted by atomic mass is 19.2. The molecule has 132 valence electrons. The summed E-state index contributed by atoms with van der Waals surface area (Å²) in [5, 5.41) is 0. The summed E-state index contributed by atoms with van der Waals surface area (Å²) in [6.07, 6.45) is 5.55. The lowest BCUT2D eigenvalue weighted by Gasteiger charge is -2.38. The van der Waals surface area contributed by atoms with Crippen LogP contribution in [0.5, 0.6) is 0 Å². The third-order valence-electron chi connectivity index (χ3n) is 5.44. The summed E-state index contributed by atoms with van der Waals surface area (Å²) < 4.78 is 40.7. The van der Waals surface area contributed by atoms with Gasteiger partial charge in [-0.3, -0.25) is 4.90 Å². The van der Waals surface area contributed by atoms with Crippen molar-refractivity contribution >= 4 is 0 Å². The topological polar surface area (TPSA) is 55.0 Å². The predicted molar refractivity (Wildman–Crippen MR) is 86.0 cm³/mol. The SMILES string of the molecule is N[C@H]1CC(N2Cc3cncnc3C2)CCC1c1cc(F)c(F)cc1F. The highest BCUT2D eigenvalue weighted by molar-refractivity contribution is 5.27. The molecule has 4 nitrogen and oxygen atoms in total. The fourth-order valence-electron chi connectivity index (χ4n) is 4.11. The quantitative estimate of drug-likeness (QED) is 0.848. The maximum absolute atomic E-state index is 14.1. The molecule has 0 amide bonds. The van der Waals surface area contributed by atoms with E-state index >= 15 is 0 Å². The molecule has 1 aliphatic carbocycles. The van der Waals surface area contributed by atoms with Gasteiger partial charge in [-0.1, -0.05) is 0 Å². The number of hydrogen-bond acceptors (Lipinski definition) is 4. The zero-order valence-electron chi connectivity index (χ0n) is 13.6. The summed E-state index contributed by atoms with van der Waals surface area (Å²) in [6.45, 7) is 1.55. The Balaban J connectivity index is 1.47. The van der Waals surface area contributed by atoms with Gasteiger partial charge in [0.15, 0.2) is 11.6 Å². The molecule has 2 aliphatic rings. The number of halogens is 3. The third kappa shape index (κ3) is 3.02. The van der Waals surface area contributed by atoms with Crippen molar-refractivity contribution in [3.05, 3.63) is 58.9 Å². The molecule has 2 unspecified atom stereocenters. The van der Waals surface area contributed by atoms with E-state index in [9.17, 15) is 13.2 Å². The molecule has 1 fully saturated rings. The maximum atomic E-state index is 14.1. The van der Waals surface area contributed by atoms with Crippen LogP contribution in [-0.4, -0.2) is 27.0 Å². The third-order valence-corrected chi connectivity index (χ3v) is 5.44. The van der Waals surface area contributed by atoms with Crippen LogP contribution in [0, 0.1) is 17.5 Å². The summed E-state index contributed by atoms with van der Waals surface area (Å²) in [6, 6.07) is 1.54. The van der Waals surface area contributed by atoms with Gasteiger partial charge in [-0.2, -0.15) is 0 Å². The molecule has 1 aromatic carbocycles. The monoisotopic (exact) mass is 348 g/mol. The van der Waals surface area contributed by atoms with Crippen LogP contribution in [0.25, 0.3) is 0 Å². The van der Waals surface area contributed by atoms with Crippen LogP contribution in [0.4, 0.5) is 13.2 Å². The Bertz CT molecular complexity index is 773. The minimum Gasteiger partial charge on any atom is -0.327 e. The molecule has 1 aromatic heterocycles. The van der Waals surface area contributed by atoms with E-state index in [-0.39, 0.29) is 23.6 Å². The van der Waals surface area contributed by atoms with Crippen molar-refractivity contribution in [2.75, 3.05) is 0 Å². The van der Waals surface area contributed by atoms with E-state index in [2.05, 4.69) is 14.9 Å². The number of nitrogens with zero attached hydrogens (tertiary/aromatic N) is 3. The number of benzene rings is 1. The van der Waals surface area contributed by atoms with Crippen LogP contribution in [0.1, 0.15) is 42.0 Å². The molecule has 3 atom stereocenters. The van der Waals surface area contributed by atoms with Crippen molar-refractivity contribution in [1.29, 1.82) is 0 Å². The molecule has 2 heterocycles. The lowest BCUT2D eigenvalue weighted by molar-refractivity contribution is 0.137. The molecule has 4 rings (SSSR count). The van der Waals surface area contributed by atoms with Gasteiger partial charge in [-0.15, -0.1) is 0 Å². The van der Waals surface area contributed by atoms with Crippen LogP contribution < -0.4 is 5.73 Å². The first-order chi connectivity index (χ1) is 12.0. The Morgan fingerprint density at radius 2 is 1.84 bits per heavy atom. The second kappa shape index (κ2) is 6.38. The highest BCUT2D eigenvalue weighted by Gasteiger charge is 2.36. The number of rotatable bonds is 2. The molecule has 1 saturated carbocycles. The molecule has 0 saturated heterocycles. The lowest BCUT2D eigenvalue weighted by Crippen LogP contribution is -2.44. The number of aromatic nitrogens is 2. The van der Waals surface area contributed by atoms with E-state index < -0.39 is 17.5 Å². The van der Waals surface area contributed by atoms with Crippen LogP contribution in [0.2, 0.25) is 0 Å². The number of nitrogens with two attached hydrogens (primary N) is 1. The van der Waals surface area contributed by atoms with Crippen LogP contribution >= 0.6 is 0 Å². The van der Waals surface area contributed by atoms with E-state index in [0.717, 1.165) is 36.8 Å². The van der Waals surface area contributed by atoms with Gasteiger partial charge < -0.3 is 5.73 Å². The molecule has 2 N–H and O–H groups in total. The fraction of sp³-hybridized carbons (Fsp3) is 0.444. The Kier molecular flexibility index (Phi) is 4.21. The van der Waals surface area contributed by atoms with Gasteiger partial charge in [-0.05, 0) is 30.9 Å². The largest absolute Gasteiger partial charge is 0.327 e. The van der Waals surface area contributed by atoms with Crippen molar-refractivity contribution in [2.45, 2.75) is 50.4 Å². The van der Waals surface area contributed by atoms with Gasteiger partial charge in [0.1, 0.15) is 12.1 Å². The van der Waals surface area contributed by atoms with Gasteiger partial charge in [0.2, 0.25) is 0 Å². The summed E-state index contributed by atoms with van der Waals surface area (Å²) in [4.78, 5) is 10.7. The first kappa shape index (κ1) is 16.5. The number of hydrogen-bond donors (Lipinski definition) is 1. The summed E-state index contributed by atoms with van der Waals surface area (Å²) in [5.41, 5.74) is 8.64. The molecular weight excluding hydrogens is 329 g/mol. The highest BCUT2D eigenvalue weighted by Crippen LogP contribution is 2.37. The van der Waals surface area contributed by atoms with E-state index in [0.29, 0.717) is 18.9 Å².